The lowest BCUT2D eigenvalue weighted by Crippen LogP contribution is -2.42. The van der Waals surface area contributed by atoms with E-state index in [0.717, 1.165) is 25.7 Å². The molecule has 1 atom stereocenters. The van der Waals surface area contributed by atoms with Crippen LogP contribution in [0.15, 0.2) is 23.0 Å². The molecule has 2 aromatic rings. The fraction of sp³-hybridized carbons (Fsp3) is 0.471. The Hall–Kier alpha value is -2.71. The molecular formula is C17H19F2N3O4. The number of rotatable bonds is 6. The number of fused-ring (bicyclic) bond motifs is 1. The van der Waals surface area contributed by atoms with Crippen molar-refractivity contribution in [1.29, 1.82) is 0 Å². The largest absolute Gasteiger partial charge is 0.480 e. The molecule has 0 aliphatic heterocycles. The normalized spacial score (nSPS) is 16.3. The molecule has 3 rings (SSSR count). The number of hydrogen-bond acceptors (Lipinski definition) is 3. The van der Waals surface area contributed by atoms with Gasteiger partial charge in [-0.2, -0.15) is 0 Å². The minimum Gasteiger partial charge on any atom is -0.480 e. The minimum absolute atomic E-state index is 0.0952. The van der Waals surface area contributed by atoms with Gasteiger partial charge in [0.25, 0.3) is 5.91 Å². The molecule has 1 fully saturated rings. The number of H-pyrrole nitrogens is 1. The van der Waals surface area contributed by atoms with Crippen molar-refractivity contribution in [3.8, 4) is 0 Å². The Labute approximate surface area is 147 Å². The highest BCUT2D eigenvalue weighted by atomic mass is 19.3. The molecule has 1 aromatic carbocycles. The average Bonchev–Trinajstić information content (AvgIpc) is 3.19. The van der Waals surface area contributed by atoms with Gasteiger partial charge < -0.3 is 15.4 Å². The van der Waals surface area contributed by atoms with E-state index in [-0.39, 0.29) is 17.3 Å². The number of aromatic nitrogens is 2. The molecule has 1 aliphatic rings. The third-order valence-electron chi connectivity index (χ3n) is 4.69. The average molecular weight is 367 g/mol. The summed E-state index contributed by atoms with van der Waals surface area (Å²) in [7, 11) is 0. The second-order valence-electron chi connectivity index (χ2n) is 6.46. The fourth-order valence-electron chi connectivity index (χ4n) is 3.44. The van der Waals surface area contributed by atoms with Crippen LogP contribution in [0.5, 0.6) is 0 Å². The maximum atomic E-state index is 12.4. The van der Waals surface area contributed by atoms with E-state index in [9.17, 15) is 23.2 Å². The Morgan fingerprint density at radius 3 is 2.62 bits per heavy atom. The first-order valence-corrected chi connectivity index (χ1v) is 8.43. The number of carboxylic acid groups (broad SMARTS) is 1. The SMILES string of the molecule is O=C(NC(CC(F)F)C(=O)O)c1ccc2c(c1)[nH]c(=O)n2C1CCCC1. The van der Waals surface area contributed by atoms with Gasteiger partial charge in [0.05, 0.1) is 11.0 Å². The van der Waals surface area contributed by atoms with Crippen LogP contribution in [0.25, 0.3) is 11.0 Å². The van der Waals surface area contributed by atoms with Crippen LogP contribution in [-0.2, 0) is 4.79 Å². The molecule has 1 saturated carbocycles. The summed E-state index contributed by atoms with van der Waals surface area (Å²) in [4.78, 5) is 38.2. The zero-order valence-corrected chi connectivity index (χ0v) is 13.9. The van der Waals surface area contributed by atoms with Crippen molar-refractivity contribution in [2.45, 2.75) is 50.6 Å². The van der Waals surface area contributed by atoms with E-state index in [1.807, 2.05) is 0 Å². The van der Waals surface area contributed by atoms with E-state index >= 15 is 0 Å². The number of alkyl halides is 2. The Morgan fingerprint density at radius 1 is 1.31 bits per heavy atom. The summed E-state index contributed by atoms with van der Waals surface area (Å²) in [6, 6.07) is 2.94. The minimum atomic E-state index is -2.85. The van der Waals surface area contributed by atoms with Crippen molar-refractivity contribution < 1.29 is 23.5 Å². The molecule has 0 saturated heterocycles. The molecule has 9 heteroatoms. The smallest absolute Gasteiger partial charge is 0.326 e. The molecule has 1 unspecified atom stereocenters. The second-order valence-corrected chi connectivity index (χ2v) is 6.46. The second kappa shape index (κ2) is 7.27. The van der Waals surface area contributed by atoms with E-state index in [4.69, 9.17) is 5.11 Å². The first-order chi connectivity index (χ1) is 12.4. The van der Waals surface area contributed by atoms with Crippen molar-refractivity contribution in [3.63, 3.8) is 0 Å². The summed E-state index contributed by atoms with van der Waals surface area (Å²) >= 11 is 0. The summed E-state index contributed by atoms with van der Waals surface area (Å²) < 4.78 is 26.6. The first-order valence-electron chi connectivity index (χ1n) is 8.43. The van der Waals surface area contributed by atoms with E-state index in [2.05, 4.69) is 10.3 Å². The number of nitrogens with zero attached hydrogens (tertiary/aromatic N) is 1. The summed E-state index contributed by atoms with van der Waals surface area (Å²) in [6.45, 7) is 0. The van der Waals surface area contributed by atoms with Crippen LogP contribution in [0, 0.1) is 0 Å². The van der Waals surface area contributed by atoms with Gasteiger partial charge in [-0.1, -0.05) is 12.8 Å². The summed E-state index contributed by atoms with van der Waals surface area (Å²) in [5, 5.41) is 11.0. The number of carbonyl (C=O) groups excluding carboxylic acids is 1. The van der Waals surface area contributed by atoms with Gasteiger partial charge in [-0.25, -0.2) is 18.4 Å². The van der Waals surface area contributed by atoms with Crippen LogP contribution in [-0.4, -0.2) is 39.0 Å². The van der Waals surface area contributed by atoms with Crippen molar-refractivity contribution in [1.82, 2.24) is 14.9 Å². The van der Waals surface area contributed by atoms with Gasteiger partial charge in [0.2, 0.25) is 6.43 Å². The van der Waals surface area contributed by atoms with Crippen molar-refractivity contribution in [3.05, 3.63) is 34.2 Å². The van der Waals surface area contributed by atoms with Gasteiger partial charge in [-0.05, 0) is 31.0 Å². The number of benzene rings is 1. The number of amides is 1. The van der Waals surface area contributed by atoms with Crippen LogP contribution >= 0.6 is 0 Å². The van der Waals surface area contributed by atoms with E-state index < -0.39 is 30.8 Å². The lowest BCUT2D eigenvalue weighted by Gasteiger charge is -2.14. The number of hydrogen-bond donors (Lipinski definition) is 3. The highest BCUT2D eigenvalue weighted by molar-refractivity contribution is 5.99. The van der Waals surface area contributed by atoms with Gasteiger partial charge in [-0.15, -0.1) is 0 Å². The zero-order valence-electron chi connectivity index (χ0n) is 13.9. The summed E-state index contributed by atoms with van der Waals surface area (Å²) in [5.41, 5.74) is 0.958. The maximum absolute atomic E-state index is 12.4. The Balaban J connectivity index is 1.86. The number of carboxylic acids is 1. The van der Waals surface area contributed by atoms with Crippen LogP contribution in [0.1, 0.15) is 48.5 Å². The predicted octanol–water partition coefficient (Wildman–Crippen LogP) is 2.28. The van der Waals surface area contributed by atoms with Gasteiger partial charge >= 0.3 is 11.7 Å². The highest BCUT2D eigenvalue weighted by Crippen LogP contribution is 2.30. The van der Waals surface area contributed by atoms with Crippen LogP contribution in [0.2, 0.25) is 0 Å². The van der Waals surface area contributed by atoms with Crippen LogP contribution in [0.3, 0.4) is 0 Å². The number of imidazole rings is 1. The molecule has 1 aromatic heterocycles. The van der Waals surface area contributed by atoms with E-state index in [0.29, 0.717) is 11.0 Å². The highest BCUT2D eigenvalue weighted by Gasteiger charge is 2.25. The van der Waals surface area contributed by atoms with Gasteiger partial charge in [0.15, 0.2) is 0 Å². The molecule has 3 N–H and O–H groups in total. The fourth-order valence-corrected chi connectivity index (χ4v) is 3.44. The van der Waals surface area contributed by atoms with Crippen LogP contribution in [0.4, 0.5) is 8.78 Å². The molecule has 0 spiro atoms. The Bertz CT molecular complexity index is 884. The molecule has 0 bridgehead atoms. The van der Waals surface area contributed by atoms with Gasteiger partial charge in [0.1, 0.15) is 6.04 Å². The van der Waals surface area contributed by atoms with E-state index in [1.54, 1.807) is 10.6 Å². The first kappa shape index (κ1) is 18.1. The number of carbonyl (C=O) groups is 2. The predicted molar refractivity (Wildman–Crippen MR) is 89.6 cm³/mol. The number of aliphatic carboxylic acids is 1. The quantitative estimate of drug-likeness (QED) is 0.728. The molecule has 1 heterocycles. The van der Waals surface area contributed by atoms with Crippen molar-refractivity contribution in [2.75, 3.05) is 0 Å². The Morgan fingerprint density at radius 2 is 2.00 bits per heavy atom. The molecular weight excluding hydrogens is 348 g/mol. The molecule has 140 valence electrons. The Kier molecular flexibility index (Phi) is 5.06. The van der Waals surface area contributed by atoms with Gasteiger partial charge in [0, 0.05) is 18.0 Å². The summed E-state index contributed by atoms with van der Waals surface area (Å²) in [5.74, 6) is -2.31. The van der Waals surface area contributed by atoms with Crippen molar-refractivity contribution in [2.24, 2.45) is 0 Å². The molecule has 0 radical (unpaired) electrons. The third kappa shape index (κ3) is 3.61. The lowest BCUT2D eigenvalue weighted by molar-refractivity contribution is -0.140. The molecule has 1 amide bonds. The van der Waals surface area contributed by atoms with Crippen LogP contribution < -0.4 is 11.0 Å². The third-order valence-corrected chi connectivity index (χ3v) is 4.69. The van der Waals surface area contributed by atoms with Crippen molar-refractivity contribution >= 4 is 22.9 Å². The lowest BCUT2D eigenvalue weighted by atomic mass is 10.1. The molecule has 1 aliphatic carbocycles. The zero-order chi connectivity index (χ0) is 18.8. The summed E-state index contributed by atoms with van der Waals surface area (Å²) in [6.07, 6.45) is 0.135. The van der Waals surface area contributed by atoms with E-state index in [1.165, 1.54) is 12.1 Å². The van der Waals surface area contributed by atoms with Gasteiger partial charge in [-0.3, -0.25) is 9.36 Å². The molecule has 7 nitrogen and oxygen atoms in total. The maximum Gasteiger partial charge on any atom is 0.326 e. The molecule has 26 heavy (non-hydrogen) atoms. The number of halogens is 2. The monoisotopic (exact) mass is 367 g/mol. The topological polar surface area (TPSA) is 104 Å². The standard InChI is InChI=1S/C17H19F2N3O4/c18-14(19)8-12(16(24)25)20-15(23)9-5-6-13-11(7-9)21-17(26)22(13)10-3-1-2-4-10/h5-7,10,12,14H,1-4,8H2,(H,20,23)(H,21,26)(H,24,25). The number of nitrogens with one attached hydrogen (secondary N) is 2. The number of aromatic amines is 1.